The summed E-state index contributed by atoms with van der Waals surface area (Å²) in [6.07, 6.45) is 5.38. The number of nitrogens with zero attached hydrogens (tertiary/aromatic N) is 6. The van der Waals surface area contributed by atoms with Gasteiger partial charge in [0.05, 0.1) is 23.2 Å². The quantitative estimate of drug-likeness (QED) is 0.0975. The van der Waals surface area contributed by atoms with Gasteiger partial charge in [0.2, 0.25) is 0 Å². The monoisotopic (exact) mass is 848 g/mol. The Morgan fingerprint density at radius 3 is 1.28 bits per heavy atom. The third-order valence-electron chi connectivity index (χ3n) is 6.07. The molecule has 0 fully saturated rings. The number of alkyl halides is 6. The van der Waals surface area contributed by atoms with Crippen molar-refractivity contribution in [3.63, 3.8) is 0 Å². The molecule has 4 aromatic rings. The first-order valence-electron chi connectivity index (χ1n) is 14.6. The van der Waals surface area contributed by atoms with Gasteiger partial charge in [-0.1, -0.05) is 24.3 Å². The van der Waals surface area contributed by atoms with E-state index < -0.39 is 31.3 Å². The van der Waals surface area contributed by atoms with Crippen LogP contribution < -0.4 is 5.11 Å². The van der Waals surface area contributed by atoms with Crippen LogP contribution in [0.1, 0.15) is 29.6 Å². The van der Waals surface area contributed by atoms with Gasteiger partial charge in [-0.2, -0.15) is 31.6 Å². The SMILES string of the molecule is CC#N.O=S(=O)([O-])C(F)(F)F.O=S(=O)([O-])C(F)(F)F.[Mn+3].[O-]c1ccc(O)cc1CN(CCN(Cc1ccccn1)Cc1ccccn1)Cc1ccccn1. The number of phenolic OH excluding ortho intramolecular Hbond substituents is 1. The average molecular weight is 849 g/mol. The average Bonchev–Trinajstić information content (AvgIpc) is 3.06. The molecule has 0 aliphatic rings. The predicted octanol–water partition coefficient (Wildman–Crippen LogP) is 3.99. The van der Waals surface area contributed by atoms with Crippen molar-refractivity contribution in [2.45, 2.75) is 44.1 Å². The summed E-state index contributed by atoms with van der Waals surface area (Å²) in [5, 5.41) is 29.6. The van der Waals surface area contributed by atoms with E-state index in [2.05, 4.69) is 24.8 Å². The third-order valence-corrected chi connectivity index (χ3v) is 7.21. The summed E-state index contributed by atoms with van der Waals surface area (Å²) >= 11 is 0. The van der Waals surface area contributed by atoms with Gasteiger partial charge >= 0.3 is 28.1 Å². The van der Waals surface area contributed by atoms with Gasteiger partial charge < -0.3 is 19.3 Å². The van der Waals surface area contributed by atoms with E-state index in [0.29, 0.717) is 38.3 Å². The molecule has 3 heterocycles. The Bertz CT molecular complexity index is 1850. The number of rotatable bonds is 11. The summed E-state index contributed by atoms with van der Waals surface area (Å²) < 4.78 is 118. The van der Waals surface area contributed by atoms with Crippen LogP contribution in [0, 0.1) is 11.3 Å². The van der Waals surface area contributed by atoms with E-state index in [-0.39, 0.29) is 28.6 Å². The normalized spacial score (nSPS) is 11.4. The Morgan fingerprint density at radius 2 is 1.00 bits per heavy atom. The molecule has 0 saturated carbocycles. The van der Waals surface area contributed by atoms with E-state index in [1.54, 1.807) is 30.7 Å². The Morgan fingerprint density at radius 1 is 0.685 bits per heavy atom. The summed E-state index contributed by atoms with van der Waals surface area (Å²) in [6.45, 7) is 5.27. The molecule has 4 rings (SSSR count). The summed E-state index contributed by atoms with van der Waals surface area (Å²) in [5.74, 6) is 0.0157. The molecule has 1 aromatic carbocycles. The Labute approximate surface area is 317 Å². The van der Waals surface area contributed by atoms with Crippen LogP contribution in [0.25, 0.3) is 0 Å². The maximum absolute atomic E-state index is 12.4. The number of phenols is 1. The Balaban J connectivity index is 0.00000116. The number of pyridine rings is 3. The molecule has 14 nitrogen and oxygen atoms in total. The molecule has 0 radical (unpaired) electrons. The summed E-state index contributed by atoms with van der Waals surface area (Å²) in [7, 11) is -12.2. The summed E-state index contributed by atoms with van der Waals surface area (Å²) in [6, 6.07) is 23.8. The van der Waals surface area contributed by atoms with Gasteiger partial charge in [-0.3, -0.25) is 24.8 Å². The zero-order valence-electron chi connectivity index (χ0n) is 27.9. The van der Waals surface area contributed by atoms with Crippen molar-refractivity contribution in [3.8, 4) is 17.6 Å². The van der Waals surface area contributed by atoms with E-state index in [1.165, 1.54) is 19.1 Å². The van der Waals surface area contributed by atoms with Gasteiger partial charge in [-0.15, -0.1) is 5.75 Å². The first-order chi connectivity index (χ1) is 24.6. The van der Waals surface area contributed by atoms with Crippen molar-refractivity contribution < 1.29 is 79.6 Å². The standard InChI is InChI=1S/C27H29N5O2.C2H3N.2CHF3O3S.Mn/c33-26-10-11-27(34)22(17-26)18-31(19-23-7-1-4-12-28-23)15-16-32(20-24-8-2-5-13-29-24)21-25-9-3-6-14-30-25;1-2-3;2*2-1(3,4)8(5,6)7;/h1-14,17,33-34H,15-16,18-21H2;1H3;2*(H,5,6,7);/q;;;;+3/p-3. The molecule has 3 aromatic heterocycles. The van der Waals surface area contributed by atoms with Crippen molar-refractivity contribution in [2.75, 3.05) is 13.1 Å². The zero-order valence-corrected chi connectivity index (χ0v) is 30.7. The van der Waals surface area contributed by atoms with Crippen LogP contribution in [0.2, 0.25) is 0 Å². The molecular formula is C31H31F6MnN6O8S2. The fourth-order valence-electron chi connectivity index (χ4n) is 3.80. The molecule has 0 bridgehead atoms. The van der Waals surface area contributed by atoms with Gasteiger partial charge in [0.15, 0.2) is 20.2 Å². The van der Waals surface area contributed by atoms with Gasteiger partial charge in [-0.05, 0) is 54.1 Å². The molecule has 0 aliphatic heterocycles. The molecule has 294 valence electrons. The number of hydrogen-bond acceptors (Lipinski definition) is 14. The minimum absolute atomic E-state index is 0. The minimum Gasteiger partial charge on any atom is -0.872 e. The fraction of sp³-hybridized carbons (Fsp3) is 0.290. The number of aromatic hydroxyl groups is 1. The van der Waals surface area contributed by atoms with Gasteiger partial charge in [-0.25, -0.2) is 16.8 Å². The van der Waals surface area contributed by atoms with E-state index in [0.717, 1.165) is 23.6 Å². The number of halogens is 6. The molecule has 1 N–H and O–H groups in total. The van der Waals surface area contributed by atoms with Crippen LogP contribution in [-0.2, 0) is 63.5 Å². The van der Waals surface area contributed by atoms with Crippen molar-refractivity contribution in [1.82, 2.24) is 24.8 Å². The number of nitriles is 1. The maximum atomic E-state index is 12.4. The van der Waals surface area contributed by atoms with E-state index in [9.17, 15) is 36.6 Å². The van der Waals surface area contributed by atoms with Crippen molar-refractivity contribution in [3.05, 3.63) is 114 Å². The number of hydrogen-bond donors (Lipinski definition) is 1. The van der Waals surface area contributed by atoms with E-state index in [1.807, 2.05) is 54.6 Å². The van der Waals surface area contributed by atoms with Crippen molar-refractivity contribution in [1.29, 1.82) is 5.26 Å². The van der Waals surface area contributed by atoms with Gasteiger partial charge in [0.25, 0.3) is 0 Å². The summed E-state index contributed by atoms with van der Waals surface area (Å²) in [4.78, 5) is 17.9. The first kappa shape index (κ1) is 49.6. The smallest absolute Gasteiger partial charge is 0.872 e. The molecule has 0 spiro atoms. The van der Waals surface area contributed by atoms with Crippen molar-refractivity contribution >= 4 is 20.2 Å². The van der Waals surface area contributed by atoms with Crippen LogP contribution in [-0.4, -0.2) is 79.9 Å². The molecule has 0 unspecified atom stereocenters. The Kier molecular flexibility index (Phi) is 21.5. The molecular weight excluding hydrogens is 817 g/mol. The summed E-state index contributed by atoms with van der Waals surface area (Å²) in [5.41, 5.74) is -7.82. The largest absolute Gasteiger partial charge is 3.00 e. The van der Waals surface area contributed by atoms with Gasteiger partial charge in [0.1, 0.15) is 5.75 Å². The number of aromatic nitrogens is 3. The molecule has 0 amide bonds. The molecule has 0 atom stereocenters. The molecule has 23 heteroatoms. The second-order valence-electron chi connectivity index (χ2n) is 10.2. The van der Waals surface area contributed by atoms with Crippen LogP contribution in [0.3, 0.4) is 0 Å². The maximum Gasteiger partial charge on any atom is 3.00 e. The second-order valence-corrected chi connectivity index (χ2v) is 12.9. The molecule has 54 heavy (non-hydrogen) atoms. The van der Waals surface area contributed by atoms with Crippen LogP contribution >= 0.6 is 0 Å². The Hall–Kier alpha value is -4.40. The number of benzene rings is 1. The predicted molar refractivity (Wildman–Crippen MR) is 171 cm³/mol. The topological polar surface area (TPSA) is 227 Å². The first-order valence-corrected chi connectivity index (χ1v) is 17.4. The van der Waals surface area contributed by atoms with Crippen LogP contribution in [0.15, 0.2) is 91.4 Å². The van der Waals surface area contributed by atoms with Crippen LogP contribution in [0.4, 0.5) is 26.3 Å². The van der Waals surface area contributed by atoms with Crippen LogP contribution in [0.5, 0.6) is 11.5 Å². The van der Waals surface area contributed by atoms with E-state index >= 15 is 0 Å². The minimum atomic E-state index is -6.09. The van der Waals surface area contributed by atoms with E-state index in [4.69, 9.17) is 31.2 Å². The van der Waals surface area contributed by atoms with Crippen molar-refractivity contribution in [2.24, 2.45) is 0 Å². The zero-order chi connectivity index (χ0) is 40.3. The molecule has 0 aliphatic carbocycles. The second kappa shape index (κ2) is 23.4. The fourth-order valence-corrected chi connectivity index (χ4v) is 3.80. The van der Waals surface area contributed by atoms with Gasteiger partial charge in [0, 0.05) is 64.8 Å². The third kappa shape index (κ3) is 20.2. The molecule has 0 saturated heterocycles.